The second-order valence-corrected chi connectivity index (χ2v) is 7.28. The third-order valence-corrected chi connectivity index (χ3v) is 4.93. The number of aromatic hydroxyl groups is 1. The zero-order valence-electron chi connectivity index (χ0n) is 13.6. The molecule has 0 atom stereocenters. The minimum atomic E-state index is -0.478. The van der Waals surface area contributed by atoms with Crippen molar-refractivity contribution >= 4 is 44.8 Å². The Morgan fingerprint density at radius 1 is 1.28 bits per heavy atom. The Labute approximate surface area is 147 Å². The fraction of sp³-hybridized carbons (Fsp3) is 0.235. The quantitative estimate of drug-likeness (QED) is 0.665. The molecule has 0 bridgehead atoms. The molecule has 0 fully saturated rings. The number of hydrogen-bond donors (Lipinski definition) is 2. The van der Waals surface area contributed by atoms with Gasteiger partial charge >= 0.3 is 0 Å². The summed E-state index contributed by atoms with van der Waals surface area (Å²) in [7, 11) is 0. The number of phenols is 1. The summed E-state index contributed by atoms with van der Waals surface area (Å²) in [5.74, 6) is 0.0402. The zero-order valence-corrected chi connectivity index (χ0v) is 14.5. The molecule has 4 rings (SSSR count). The molecule has 0 aliphatic carbocycles. The lowest BCUT2D eigenvalue weighted by atomic mass is 9.77. The van der Waals surface area contributed by atoms with Crippen LogP contribution in [-0.4, -0.2) is 20.4 Å². The summed E-state index contributed by atoms with van der Waals surface area (Å²) in [5, 5.41) is 23.1. The Balaban J connectivity index is 1.81. The fourth-order valence-corrected chi connectivity index (χ4v) is 3.75. The smallest absolute Gasteiger partial charge is 0.225 e. The van der Waals surface area contributed by atoms with Crippen molar-refractivity contribution < 1.29 is 9.90 Å². The number of nitrogens with zero attached hydrogens (tertiary/aromatic N) is 4. The predicted molar refractivity (Wildman–Crippen MR) is 96.0 cm³/mol. The number of rotatable bonds is 2. The Morgan fingerprint density at radius 2 is 2.12 bits per heavy atom. The van der Waals surface area contributed by atoms with Crippen LogP contribution in [0.3, 0.4) is 0 Å². The molecule has 1 aliphatic rings. The van der Waals surface area contributed by atoms with Crippen LogP contribution in [0.4, 0.5) is 16.4 Å². The first-order valence-corrected chi connectivity index (χ1v) is 8.51. The highest BCUT2D eigenvalue weighted by Gasteiger charge is 2.36. The van der Waals surface area contributed by atoms with E-state index < -0.39 is 5.41 Å². The summed E-state index contributed by atoms with van der Waals surface area (Å²) in [6, 6.07) is 6.93. The van der Waals surface area contributed by atoms with E-state index >= 15 is 0 Å². The number of carbonyl (C=O) groups is 1. The minimum absolute atomic E-state index is 0.105. The van der Waals surface area contributed by atoms with Gasteiger partial charge in [0.15, 0.2) is 10.6 Å². The van der Waals surface area contributed by atoms with E-state index in [2.05, 4.69) is 24.9 Å². The van der Waals surface area contributed by atoms with Crippen LogP contribution in [0.5, 0.6) is 5.75 Å². The second-order valence-electron chi connectivity index (χ2n) is 6.52. The third-order valence-electron chi connectivity index (χ3n) is 4.19. The molecule has 0 unspecified atom stereocenters. The maximum Gasteiger partial charge on any atom is 0.225 e. The monoisotopic (exact) mass is 353 g/mol. The van der Waals surface area contributed by atoms with Crippen LogP contribution in [0.25, 0.3) is 11.0 Å². The largest absolute Gasteiger partial charge is 0.508 e. The average molecular weight is 353 g/mol. The lowest BCUT2D eigenvalue weighted by Crippen LogP contribution is -2.32. The van der Waals surface area contributed by atoms with Gasteiger partial charge in [-0.2, -0.15) is 4.37 Å². The van der Waals surface area contributed by atoms with Crippen LogP contribution >= 0.6 is 11.5 Å². The number of carbonyl (C=O) groups excluding carboxylic acids is 1. The second kappa shape index (κ2) is 5.59. The molecule has 2 N–H and O–H groups in total. The van der Waals surface area contributed by atoms with E-state index in [1.807, 2.05) is 26.0 Å². The van der Waals surface area contributed by atoms with Crippen molar-refractivity contribution in [1.82, 2.24) is 9.36 Å². The van der Waals surface area contributed by atoms with E-state index in [0.717, 1.165) is 5.39 Å². The van der Waals surface area contributed by atoms with Crippen molar-refractivity contribution in [3.05, 3.63) is 36.0 Å². The van der Waals surface area contributed by atoms with E-state index in [9.17, 15) is 9.90 Å². The maximum absolute atomic E-state index is 12.0. The van der Waals surface area contributed by atoms with Crippen LogP contribution < -0.4 is 5.32 Å². The fourth-order valence-electron chi connectivity index (χ4n) is 3.09. The van der Waals surface area contributed by atoms with Gasteiger partial charge < -0.3 is 10.4 Å². The number of hydrogen-bond acceptors (Lipinski definition) is 7. The highest BCUT2D eigenvalue weighted by molar-refractivity contribution is 7.11. The lowest BCUT2D eigenvalue weighted by Gasteiger charge is -2.33. The molecule has 3 heterocycles. The number of anilines is 1. The molecule has 25 heavy (non-hydrogen) atoms. The Morgan fingerprint density at radius 3 is 2.96 bits per heavy atom. The molecule has 8 heteroatoms. The van der Waals surface area contributed by atoms with Crippen molar-refractivity contribution in [2.75, 3.05) is 5.32 Å². The lowest BCUT2D eigenvalue weighted by molar-refractivity contribution is -0.117. The first kappa shape index (κ1) is 15.6. The highest BCUT2D eigenvalue weighted by Crippen LogP contribution is 2.47. The summed E-state index contributed by atoms with van der Waals surface area (Å²) >= 11 is 1.21. The maximum atomic E-state index is 12.0. The highest BCUT2D eigenvalue weighted by atomic mass is 32.1. The number of pyridine rings is 1. The van der Waals surface area contributed by atoms with Crippen LogP contribution in [0.2, 0.25) is 0 Å². The van der Waals surface area contributed by atoms with Gasteiger partial charge in [0.25, 0.3) is 0 Å². The number of fused-ring (bicyclic) bond motifs is 2. The molecule has 0 spiro atoms. The molecule has 7 nitrogen and oxygen atoms in total. The molecule has 2 aromatic heterocycles. The Hall–Kier alpha value is -2.87. The standard InChI is InChI=1S/C17H15N5O2S/c1-17(2)8-12(24)19-14-10(5-6-11(23)13(14)17)20-21-16-9-4-3-7-18-15(9)22-25-16/h3-7,23H,8H2,1-2H3,(H,19,24)/b21-20+. The molecule has 126 valence electrons. The van der Waals surface area contributed by atoms with E-state index in [0.29, 0.717) is 34.0 Å². The van der Waals surface area contributed by atoms with Crippen LogP contribution in [-0.2, 0) is 10.2 Å². The SMILES string of the molecule is CC1(C)CC(=O)Nc2c(/N=N/c3snc4ncccc34)ccc(O)c21. The molecule has 3 aromatic rings. The normalized spacial score (nSPS) is 16.2. The summed E-state index contributed by atoms with van der Waals surface area (Å²) in [4.78, 5) is 16.2. The summed E-state index contributed by atoms with van der Waals surface area (Å²) in [6.07, 6.45) is 1.98. The predicted octanol–water partition coefficient (Wildman–Crippen LogP) is 4.43. The first-order valence-electron chi connectivity index (χ1n) is 7.74. The molecule has 0 saturated heterocycles. The zero-order chi connectivity index (χ0) is 17.6. The van der Waals surface area contributed by atoms with Gasteiger partial charge in [0.1, 0.15) is 11.4 Å². The summed E-state index contributed by atoms with van der Waals surface area (Å²) in [6.45, 7) is 3.85. The summed E-state index contributed by atoms with van der Waals surface area (Å²) < 4.78 is 4.23. The molecule has 1 aliphatic heterocycles. The van der Waals surface area contributed by atoms with Crippen LogP contribution in [0, 0.1) is 0 Å². The Kier molecular flexibility index (Phi) is 3.50. The van der Waals surface area contributed by atoms with E-state index in [4.69, 9.17) is 0 Å². The molecule has 1 amide bonds. The number of phenolic OH excluding ortho intramolecular Hbond substituents is 1. The van der Waals surface area contributed by atoms with Crippen LogP contribution in [0.1, 0.15) is 25.8 Å². The first-order chi connectivity index (χ1) is 12.0. The minimum Gasteiger partial charge on any atom is -0.508 e. The van der Waals surface area contributed by atoms with Gasteiger partial charge in [-0.25, -0.2) is 4.98 Å². The molecule has 0 saturated carbocycles. The van der Waals surface area contributed by atoms with Gasteiger partial charge in [-0.15, -0.1) is 10.2 Å². The van der Waals surface area contributed by atoms with E-state index in [1.54, 1.807) is 18.3 Å². The molecule has 1 aromatic carbocycles. The van der Waals surface area contributed by atoms with Gasteiger partial charge in [0.05, 0.1) is 11.1 Å². The number of benzene rings is 1. The molecular weight excluding hydrogens is 338 g/mol. The van der Waals surface area contributed by atoms with Gasteiger partial charge in [-0.1, -0.05) is 13.8 Å². The third kappa shape index (κ3) is 2.64. The average Bonchev–Trinajstić information content (AvgIpc) is 2.96. The van der Waals surface area contributed by atoms with Gasteiger partial charge in [0.2, 0.25) is 5.91 Å². The number of azo groups is 1. The van der Waals surface area contributed by atoms with Crippen molar-refractivity contribution in [3.63, 3.8) is 0 Å². The van der Waals surface area contributed by atoms with Gasteiger partial charge in [-0.3, -0.25) is 4.79 Å². The molecule has 0 radical (unpaired) electrons. The van der Waals surface area contributed by atoms with Crippen molar-refractivity contribution in [3.8, 4) is 5.75 Å². The van der Waals surface area contributed by atoms with Gasteiger partial charge in [-0.05, 0) is 35.8 Å². The summed E-state index contributed by atoms with van der Waals surface area (Å²) in [5.41, 5.74) is 1.84. The van der Waals surface area contributed by atoms with Crippen molar-refractivity contribution in [1.29, 1.82) is 0 Å². The van der Waals surface area contributed by atoms with E-state index in [1.165, 1.54) is 11.5 Å². The molecular formula is C17H15N5O2S. The van der Waals surface area contributed by atoms with E-state index in [-0.39, 0.29) is 11.7 Å². The van der Waals surface area contributed by atoms with Crippen molar-refractivity contribution in [2.45, 2.75) is 25.7 Å². The number of amides is 1. The van der Waals surface area contributed by atoms with Gasteiger partial charge in [0, 0.05) is 23.6 Å². The Bertz CT molecular complexity index is 1030. The topological polar surface area (TPSA) is 99.8 Å². The van der Waals surface area contributed by atoms with Crippen LogP contribution in [0.15, 0.2) is 40.7 Å². The number of nitrogens with one attached hydrogen (secondary N) is 1. The number of aromatic nitrogens is 2. The van der Waals surface area contributed by atoms with Crippen molar-refractivity contribution in [2.24, 2.45) is 10.2 Å².